The largest absolute Gasteiger partial charge is 0.369 e. The predicted octanol–water partition coefficient (Wildman–Crippen LogP) is 2.36. The molecule has 1 aromatic carbocycles. The summed E-state index contributed by atoms with van der Waals surface area (Å²) in [6.07, 6.45) is 0. The number of benzene rings is 1. The summed E-state index contributed by atoms with van der Waals surface area (Å²) in [5, 5.41) is 3.43. The maximum absolute atomic E-state index is 4.18. The van der Waals surface area contributed by atoms with Crippen molar-refractivity contribution in [3.05, 3.63) is 42.5 Å². The number of anilines is 1. The quantitative estimate of drug-likeness (QED) is 0.803. The fourth-order valence-electron chi connectivity index (χ4n) is 2.52. The summed E-state index contributed by atoms with van der Waals surface area (Å²) in [6, 6.07) is 11.2. The van der Waals surface area contributed by atoms with Crippen molar-refractivity contribution >= 4 is 5.69 Å². The lowest BCUT2D eigenvalue weighted by molar-refractivity contribution is 0.276. The van der Waals surface area contributed by atoms with Gasteiger partial charge < -0.3 is 10.2 Å². The van der Waals surface area contributed by atoms with Crippen LogP contribution in [0.1, 0.15) is 13.8 Å². The third kappa shape index (κ3) is 4.66. The van der Waals surface area contributed by atoms with Gasteiger partial charge in [0.1, 0.15) is 0 Å². The van der Waals surface area contributed by atoms with Crippen molar-refractivity contribution in [2.45, 2.75) is 19.9 Å². The van der Waals surface area contributed by atoms with Gasteiger partial charge >= 0.3 is 0 Å². The Labute approximate surface area is 123 Å². The van der Waals surface area contributed by atoms with Gasteiger partial charge in [-0.25, -0.2) is 0 Å². The molecule has 110 valence electrons. The molecule has 0 unspecified atom stereocenters. The zero-order valence-corrected chi connectivity index (χ0v) is 12.8. The first-order chi connectivity index (χ1) is 9.65. The SMILES string of the molecule is C=C(CNC(C)C)CN1CCN(c2ccccc2)CC1. The number of hydrogen-bond donors (Lipinski definition) is 1. The third-order valence-corrected chi connectivity index (χ3v) is 3.70. The molecule has 0 atom stereocenters. The summed E-state index contributed by atoms with van der Waals surface area (Å²) < 4.78 is 0. The fourth-order valence-corrected chi connectivity index (χ4v) is 2.52. The van der Waals surface area contributed by atoms with Crippen molar-refractivity contribution in [2.75, 3.05) is 44.2 Å². The molecule has 1 aliphatic heterocycles. The van der Waals surface area contributed by atoms with Crippen LogP contribution in [-0.4, -0.2) is 50.2 Å². The molecule has 0 spiro atoms. The summed E-state index contributed by atoms with van der Waals surface area (Å²) >= 11 is 0. The molecular weight excluding hydrogens is 246 g/mol. The van der Waals surface area contributed by atoms with Crippen molar-refractivity contribution < 1.29 is 0 Å². The number of para-hydroxylation sites is 1. The topological polar surface area (TPSA) is 18.5 Å². The predicted molar refractivity (Wildman–Crippen MR) is 87.4 cm³/mol. The van der Waals surface area contributed by atoms with Gasteiger partial charge in [-0.2, -0.15) is 0 Å². The molecule has 20 heavy (non-hydrogen) atoms. The van der Waals surface area contributed by atoms with Gasteiger partial charge in [0.25, 0.3) is 0 Å². The molecule has 1 N–H and O–H groups in total. The lowest BCUT2D eigenvalue weighted by Gasteiger charge is -2.36. The van der Waals surface area contributed by atoms with Crippen LogP contribution in [0.15, 0.2) is 42.5 Å². The van der Waals surface area contributed by atoms with Gasteiger partial charge in [0.05, 0.1) is 0 Å². The van der Waals surface area contributed by atoms with E-state index in [1.165, 1.54) is 11.3 Å². The van der Waals surface area contributed by atoms with E-state index in [0.717, 1.165) is 39.3 Å². The first-order valence-electron chi connectivity index (χ1n) is 7.57. The Hall–Kier alpha value is -1.32. The minimum atomic E-state index is 0.529. The number of rotatable bonds is 6. The van der Waals surface area contributed by atoms with E-state index in [9.17, 15) is 0 Å². The molecule has 1 aliphatic rings. The Morgan fingerprint density at radius 1 is 1.15 bits per heavy atom. The summed E-state index contributed by atoms with van der Waals surface area (Å²) in [5.41, 5.74) is 2.62. The molecule has 0 saturated carbocycles. The molecule has 3 nitrogen and oxygen atoms in total. The maximum Gasteiger partial charge on any atom is 0.0367 e. The normalized spacial score (nSPS) is 16.6. The number of nitrogens with one attached hydrogen (secondary N) is 1. The zero-order chi connectivity index (χ0) is 14.4. The van der Waals surface area contributed by atoms with Gasteiger partial charge in [-0.15, -0.1) is 0 Å². The van der Waals surface area contributed by atoms with Gasteiger partial charge in [0, 0.05) is 51.0 Å². The molecule has 0 amide bonds. The highest BCUT2D eigenvalue weighted by molar-refractivity contribution is 5.46. The summed E-state index contributed by atoms with van der Waals surface area (Å²) in [5.74, 6) is 0. The Balaban J connectivity index is 1.73. The second-order valence-electron chi connectivity index (χ2n) is 5.88. The second kappa shape index (κ2) is 7.46. The van der Waals surface area contributed by atoms with Crippen LogP contribution in [0.25, 0.3) is 0 Å². The summed E-state index contributed by atoms with van der Waals surface area (Å²) in [6.45, 7) is 14.9. The highest BCUT2D eigenvalue weighted by Gasteiger charge is 2.17. The third-order valence-electron chi connectivity index (χ3n) is 3.70. The Morgan fingerprint density at radius 3 is 2.40 bits per heavy atom. The fraction of sp³-hybridized carbons (Fsp3) is 0.529. The van der Waals surface area contributed by atoms with Crippen molar-refractivity contribution in [1.82, 2.24) is 10.2 Å². The average molecular weight is 273 g/mol. The minimum Gasteiger partial charge on any atom is -0.369 e. The first-order valence-corrected chi connectivity index (χ1v) is 7.57. The molecule has 1 heterocycles. The second-order valence-corrected chi connectivity index (χ2v) is 5.88. The standard InChI is InChI=1S/C17H27N3/c1-15(2)18-13-16(3)14-19-9-11-20(12-10-19)17-7-5-4-6-8-17/h4-8,15,18H,3,9-14H2,1-2H3. The van der Waals surface area contributed by atoms with Crippen LogP contribution in [0, 0.1) is 0 Å². The Kier molecular flexibility index (Phi) is 5.62. The molecule has 1 fully saturated rings. The molecule has 0 bridgehead atoms. The van der Waals surface area contributed by atoms with E-state index in [1.807, 2.05) is 0 Å². The van der Waals surface area contributed by atoms with Gasteiger partial charge in [0.2, 0.25) is 0 Å². The molecule has 3 heteroatoms. The Morgan fingerprint density at radius 2 is 1.80 bits per heavy atom. The number of nitrogens with zero attached hydrogens (tertiary/aromatic N) is 2. The van der Waals surface area contributed by atoms with Gasteiger partial charge in [0.15, 0.2) is 0 Å². The average Bonchev–Trinajstić information content (AvgIpc) is 2.47. The van der Waals surface area contributed by atoms with Crippen LogP contribution in [0.3, 0.4) is 0 Å². The van der Waals surface area contributed by atoms with Gasteiger partial charge in [-0.3, -0.25) is 4.90 Å². The number of hydrogen-bond acceptors (Lipinski definition) is 3. The molecule has 1 saturated heterocycles. The number of piperazine rings is 1. The minimum absolute atomic E-state index is 0.529. The van der Waals surface area contributed by atoms with Crippen molar-refractivity contribution in [1.29, 1.82) is 0 Å². The van der Waals surface area contributed by atoms with E-state index in [0.29, 0.717) is 6.04 Å². The summed E-state index contributed by atoms with van der Waals surface area (Å²) in [4.78, 5) is 4.97. The smallest absolute Gasteiger partial charge is 0.0367 e. The molecular formula is C17H27N3. The lowest BCUT2D eigenvalue weighted by atomic mass is 10.2. The molecule has 2 rings (SSSR count). The van der Waals surface area contributed by atoms with Crippen LogP contribution < -0.4 is 10.2 Å². The monoisotopic (exact) mass is 273 g/mol. The van der Waals surface area contributed by atoms with E-state index in [-0.39, 0.29) is 0 Å². The van der Waals surface area contributed by atoms with E-state index < -0.39 is 0 Å². The van der Waals surface area contributed by atoms with E-state index in [1.54, 1.807) is 0 Å². The Bertz CT molecular complexity index is 406. The van der Waals surface area contributed by atoms with Crippen LogP contribution in [0.4, 0.5) is 5.69 Å². The van der Waals surface area contributed by atoms with Crippen LogP contribution in [0.5, 0.6) is 0 Å². The maximum atomic E-state index is 4.18. The first kappa shape index (κ1) is 15.1. The lowest BCUT2D eigenvalue weighted by Crippen LogP contribution is -2.47. The zero-order valence-electron chi connectivity index (χ0n) is 12.8. The molecule has 0 aliphatic carbocycles. The van der Waals surface area contributed by atoms with Crippen LogP contribution >= 0.6 is 0 Å². The van der Waals surface area contributed by atoms with Crippen LogP contribution in [0.2, 0.25) is 0 Å². The molecule has 0 radical (unpaired) electrons. The van der Waals surface area contributed by atoms with E-state index >= 15 is 0 Å². The van der Waals surface area contributed by atoms with Crippen LogP contribution in [-0.2, 0) is 0 Å². The van der Waals surface area contributed by atoms with E-state index in [2.05, 4.69) is 65.9 Å². The van der Waals surface area contributed by atoms with Gasteiger partial charge in [-0.1, -0.05) is 38.6 Å². The van der Waals surface area contributed by atoms with Crippen molar-refractivity contribution in [2.24, 2.45) is 0 Å². The molecule has 1 aromatic rings. The van der Waals surface area contributed by atoms with Crippen molar-refractivity contribution in [3.63, 3.8) is 0 Å². The van der Waals surface area contributed by atoms with Gasteiger partial charge in [-0.05, 0) is 17.7 Å². The summed E-state index contributed by atoms with van der Waals surface area (Å²) in [7, 11) is 0. The highest BCUT2D eigenvalue weighted by Crippen LogP contribution is 2.15. The van der Waals surface area contributed by atoms with Crippen molar-refractivity contribution in [3.8, 4) is 0 Å². The molecule has 0 aromatic heterocycles. The highest BCUT2D eigenvalue weighted by atomic mass is 15.3. The van der Waals surface area contributed by atoms with E-state index in [4.69, 9.17) is 0 Å².